The van der Waals surface area contributed by atoms with Crippen LogP contribution in [0.5, 0.6) is 0 Å². The van der Waals surface area contributed by atoms with E-state index < -0.39 is 0 Å². The van der Waals surface area contributed by atoms with Gasteiger partial charge in [-0.25, -0.2) is 0 Å². The smallest absolute Gasteiger partial charge is 0.265 e. The van der Waals surface area contributed by atoms with Crippen molar-refractivity contribution >= 4 is 84.9 Å². The van der Waals surface area contributed by atoms with Gasteiger partial charge in [0.1, 0.15) is 17.1 Å². The first kappa shape index (κ1) is 27.1. The Morgan fingerprint density at radius 1 is 0.732 bits per heavy atom. The number of hydrogen-bond acceptors (Lipinski definition) is 6. The molecule has 204 valence electrons. The minimum atomic E-state index is -0.337. The molecule has 1 fully saturated rings. The van der Waals surface area contributed by atoms with Gasteiger partial charge in [0.05, 0.1) is 0 Å². The largest absolute Gasteiger partial charge is 0.456 e. The topological polar surface area (TPSA) is 49.9 Å². The summed E-state index contributed by atoms with van der Waals surface area (Å²) in [5.41, 5.74) is 3.22. The standard InChI is InChI=1S/C33H26N2O3S3/c1-3-34-31(36)26(32(37)35(4-2)33(34)39)18-25-20-30-29(41-25)19-24(40-30)15-21-16-27(22-11-7-5-8-12-22)38-28(17-21)23-13-9-6-10-14-23/h5-20H,3-4H2,1-2H3. The number of carbonyl (C=O) groups is 2. The molecule has 0 unspecified atom stereocenters. The number of allylic oxidation sites excluding steroid dienone is 3. The number of ether oxygens (including phenoxy) is 1. The van der Waals surface area contributed by atoms with Crippen LogP contribution >= 0.6 is 34.9 Å². The summed E-state index contributed by atoms with van der Waals surface area (Å²) in [5, 5.41) is 0.272. The zero-order valence-corrected chi connectivity index (χ0v) is 24.9. The second-order valence-corrected chi connectivity index (χ2v) is 12.1. The van der Waals surface area contributed by atoms with E-state index in [-0.39, 0.29) is 22.5 Å². The average Bonchev–Trinajstić information content (AvgIpc) is 3.54. The fraction of sp³-hybridized carbons (Fsp3) is 0.121. The van der Waals surface area contributed by atoms with E-state index in [9.17, 15) is 9.59 Å². The quantitative estimate of drug-likeness (QED) is 0.130. The first-order valence-corrected chi connectivity index (χ1v) is 15.4. The van der Waals surface area contributed by atoms with E-state index in [0.717, 1.165) is 47.4 Å². The van der Waals surface area contributed by atoms with Crippen molar-refractivity contribution in [2.24, 2.45) is 0 Å². The van der Waals surface area contributed by atoms with Gasteiger partial charge in [0.15, 0.2) is 5.11 Å². The van der Waals surface area contributed by atoms with Gasteiger partial charge in [-0.2, -0.15) is 0 Å². The van der Waals surface area contributed by atoms with Crippen molar-refractivity contribution in [1.82, 2.24) is 9.80 Å². The summed E-state index contributed by atoms with van der Waals surface area (Å²) in [4.78, 5) is 31.0. The lowest BCUT2D eigenvalue weighted by atomic mass is 10.0. The Balaban J connectivity index is 1.33. The van der Waals surface area contributed by atoms with Gasteiger partial charge in [-0.1, -0.05) is 60.7 Å². The fourth-order valence-corrected chi connectivity index (χ4v) is 7.55. The number of thiocarbonyl (C=S) groups is 1. The Bertz CT molecular complexity index is 1680. The van der Waals surface area contributed by atoms with Crippen LogP contribution in [0.25, 0.3) is 33.1 Å². The zero-order valence-electron chi connectivity index (χ0n) is 22.5. The van der Waals surface area contributed by atoms with Crippen molar-refractivity contribution in [2.75, 3.05) is 13.1 Å². The molecule has 4 heterocycles. The second kappa shape index (κ2) is 11.4. The minimum absolute atomic E-state index is 0.151. The molecular weight excluding hydrogens is 569 g/mol. The number of fused-ring (bicyclic) bond motifs is 1. The molecule has 0 spiro atoms. The lowest BCUT2D eigenvalue weighted by Crippen LogP contribution is -2.55. The van der Waals surface area contributed by atoms with Crippen LogP contribution < -0.4 is 0 Å². The monoisotopic (exact) mass is 594 g/mol. The molecule has 5 nitrogen and oxygen atoms in total. The number of likely N-dealkylation sites (N-methyl/N-ethyl adjacent to an activating group) is 2. The minimum Gasteiger partial charge on any atom is -0.456 e. The molecule has 0 aliphatic carbocycles. The molecular formula is C33H26N2O3S3. The number of benzene rings is 2. The maximum absolute atomic E-state index is 13.0. The summed E-state index contributed by atoms with van der Waals surface area (Å²) >= 11 is 8.61. The van der Waals surface area contributed by atoms with Gasteiger partial charge in [0.2, 0.25) is 0 Å². The van der Waals surface area contributed by atoms with Crippen molar-refractivity contribution in [2.45, 2.75) is 13.8 Å². The highest BCUT2D eigenvalue weighted by atomic mass is 32.1. The number of carbonyl (C=O) groups excluding carboxylic acids is 2. The van der Waals surface area contributed by atoms with Crippen LogP contribution in [-0.4, -0.2) is 39.8 Å². The first-order chi connectivity index (χ1) is 19.9. The Hall–Kier alpha value is -4.11. The van der Waals surface area contributed by atoms with Crippen LogP contribution in [0.4, 0.5) is 0 Å². The molecule has 0 N–H and O–H groups in total. The number of thiophene rings is 2. The summed E-state index contributed by atoms with van der Waals surface area (Å²) in [7, 11) is 0. The molecule has 6 rings (SSSR count). The normalized spacial score (nSPS) is 15.7. The lowest BCUT2D eigenvalue weighted by molar-refractivity contribution is -0.133. The van der Waals surface area contributed by atoms with Crippen LogP contribution in [0.3, 0.4) is 0 Å². The Morgan fingerprint density at radius 3 is 1.66 bits per heavy atom. The highest BCUT2D eigenvalue weighted by molar-refractivity contribution is 7.80. The van der Waals surface area contributed by atoms with Crippen molar-refractivity contribution in [3.05, 3.63) is 117 Å². The van der Waals surface area contributed by atoms with Crippen LogP contribution in [0.1, 0.15) is 34.7 Å². The molecule has 0 radical (unpaired) electrons. The van der Waals surface area contributed by atoms with E-state index in [0.29, 0.717) is 13.1 Å². The summed E-state index contributed by atoms with van der Waals surface area (Å²) in [5.74, 6) is 0.926. The number of amides is 2. The molecule has 2 aliphatic rings. The number of hydrogen-bond donors (Lipinski definition) is 0. The Morgan fingerprint density at radius 2 is 1.20 bits per heavy atom. The SMILES string of the molecule is CCN1C(=O)C(=Cc2cc3sc(C=C4C=C(c5ccccc5)OC(c5ccccc5)=C4)cc3s2)C(=O)N(CC)C1=S. The zero-order chi connectivity index (χ0) is 28.5. The van der Waals surface area contributed by atoms with E-state index in [2.05, 4.69) is 24.3 Å². The van der Waals surface area contributed by atoms with Gasteiger partial charge >= 0.3 is 0 Å². The molecule has 2 aliphatic heterocycles. The molecule has 8 heteroatoms. The maximum Gasteiger partial charge on any atom is 0.265 e. The fourth-order valence-electron chi connectivity index (χ4n) is 4.80. The molecule has 4 aromatic rings. The number of rotatable bonds is 6. The van der Waals surface area contributed by atoms with Crippen molar-refractivity contribution in [1.29, 1.82) is 0 Å². The molecule has 0 bridgehead atoms. The summed E-state index contributed by atoms with van der Waals surface area (Å²) in [6, 6.07) is 24.4. The van der Waals surface area contributed by atoms with E-state index in [1.807, 2.05) is 80.6 Å². The van der Waals surface area contributed by atoms with Crippen molar-refractivity contribution in [3.8, 4) is 0 Å². The molecule has 2 aromatic heterocycles. The van der Waals surface area contributed by atoms with E-state index >= 15 is 0 Å². The van der Waals surface area contributed by atoms with E-state index in [1.165, 1.54) is 9.80 Å². The predicted molar refractivity (Wildman–Crippen MR) is 173 cm³/mol. The maximum atomic E-state index is 13.0. The summed E-state index contributed by atoms with van der Waals surface area (Å²) in [6.07, 6.45) is 8.00. The molecule has 1 saturated heterocycles. The van der Waals surface area contributed by atoms with Crippen LogP contribution in [0, 0.1) is 0 Å². The summed E-state index contributed by atoms with van der Waals surface area (Å²) in [6.45, 7) is 4.55. The Labute approximate surface area is 252 Å². The highest BCUT2D eigenvalue weighted by Gasteiger charge is 2.37. The third-order valence-electron chi connectivity index (χ3n) is 6.82. The van der Waals surface area contributed by atoms with E-state index in [4.69, 9.17) is 17.0 Å². The Kier molecular flexibility index (Phi) is 7.53. The third kappa shape index (κ3) is 5.34. The second-order valence-electron chi connectivity index (χ2n) is 9.46. The molecule has 41 heavy (non-hydrogen) atoms. The van der Waals surface area contributed by atoms with Crippen LogP contribution in [-0.2, 0) is 14.3 Å². The van der Waals surface area contributed by atoms with Crippen molar-refractivity contribution < 1.29 is 14.3 Å². The third-order valence-corrected chi connectivity index (χ3v) is 9.45. The molecule has 0 atom stereocenters. The first-order valence-electron chi connectivity index (χ1n) is 13.3. The van der Waals surface area contributed by atoms with Gasteiger partial charge in [0.25, 0.3) is 11.8 Å². The number of nitrogens with zero attached hydrogens (tertiary/aromatic N) is 2. The average molecular weight is 595 g/mol. The van der Waals surface area contributed by atoms with Gasteiger partial charge in [-0.15, -0.1) is 22.7 Å². The highest BCUT2D eigenvalue weighted by Crippen LogP contribution is 2.38. The molecule has 0 saturated carbocycles. The van der Waals surface area contributed by atoms with Gasteiger partial charge in [0, 0.05) is 43.4 Å². The predicted octanol–water partition coefficient (Wildman–Crippen LogP) is 7.84. The lowest BCUT2D eigenvalue weighted by Gasteiger charge is -2.35. The van der Waals surface area contributed by atoms with Crippen LogP contribution in [0.2, 0.25) is 0 Å². The van der Waals surface area contributed by atoms with Crippen molar-refractivity contribution in [3.63, 3.8) is 0 Å². The van der Waals surface area contributed by atoms with Gasteiger partial charge < -0.3 is 4.74 Å². The van der Waals surface area contributed by atoms with Crippen LogP contribution in [0.15, 0.2) is 96.1 Å². The van der Waals surface area contributed by atoms with Gasteiger partial charge in [-0.05, 0) is 68.1 Å². The van der Waals surface area contributed by atoms with Gasteiger partial charge in [-0.3, -0.25) is 19.4 Å². The summed E-state index contributed by atoms with van der Waals surface area (Å²) < 4.78 is 8.53. The molecule has 2 aromatic carbocycles. The molecule has 2 amide bonds. The van der Waals surface area contributed by atoms with E-state index in [1.54, 1.807) is 28.7 Å².